The number of unbranched alkanes of at least 4 members (excludes halogenated alkanes) is 1. The maximum Gasteiger partial charge on any atom is 0.169 e. The average Bonchev–Trinajstić information content (AvgIpc) is 2.54. The van der Waals surface area contributed by atoms with Crippen molar-refractivity contribution in [2.45, 2.75) is 64.8 Å². The Morgan fingerprint density at radius 2 is 2.12 bits per heavy atom. The molecular formula is C13H26N2S. The quantitative estimate of drug-likeness (QED) is 0.601. The van der Waals surface area contributed by atoms with Gasteiger partial charge in [0, 0.05) is 19.1 Å². The van der Waals surface area contributed by atoms with Crippen molar-refractivity contribution in [2.75, 3.05) is 13.1 Å². The van der Waals surface area contributed by atoms with Crippen molar-refractivity contribution in [2.24, 2.45) is 0 Å². The zero-order chi connectivity index (χ0) is 11.8. The van der Waals surface area contributed by atoms with E-state index < -0.39 is 0 Å². The van der Waals surface area contributed by atoms with Gasteiger partial charge in [0.15, 0.2) is 5.11 Å². The first-order valence-electron chi connectivity index (χ1n) is 6.84. The molecule has 3 heteroatoms. The van der Waals surface area contributed by atoms with Gasteiger partial charge in [0.05, 0.1) is 0 Å². The Balaban J connectivity index is 2.42. The third-order valence-electron chi connectivity index (χ3n) is 3.42. The van der Waals surface area contributed by atoms with Crippen LogP contribution in [0.5, 0.6) is 0 Å². The SMILES string of the molecule is CCCCNC(=S)N1CCCCCC1CC. The van der Waals surface area contributed by atoms with Crippen LogP contribution in [-0.4, -0.2) is 29.1 Å². The summed E-state index contributed by atoms with van der Waals surface area (Å²) in [6.45, 7) is 6.67. The molecule has 0 saturated carbocycles. The summed E-state index contributed by atoms with van der Waals surface area (Å²) in [7, 11) is 0. The first kappa shape index (κ1) is 13.8. The molecule has 0 radical (unpaired) electrons. The minimum atomic E-state index is 0.670. The number of likely N-dealkylation sites (tertiary alicyclic amines) is 1. The lowest BCUT2D eigenvalue weighted by molar-refractivity contribution is 0.303. The maximum absolute atomic E-state index is 5.51. The molecule has 1 saturated heterocycles. The van der Waals surface area contributed by atoms with Crippen LogP contribution in [0.2, 0.25) is 0 Å². The fourth-order valence-corrected chi connectivity index (χ4v) is 2.69. The van der Waals surface area contributed by atoms with Crippen LogP contribution in [0.15, 0.2) is 0 Å². The van der Waals surface area contributed by atoms with Gasteiger partial charge in [-0.05, 0) is 37.9 Å². The molecule has 0 spiro atoms. The van der Waals surface area contributed by atoms with Crippen molar-refractivity contribution in [1.82, 2.24) is 10.2 Å². The molecule has 16 heavy (non-hydrogen) atoms. The Kier molecular flexibility index (Phi) is 6.78. The molecule has 1 N–H and O–H groups in total. The second kappa shape index (κ2) is 7.88. The molecule has 1 heterocycles. The molecule has 0 aromatic rings. The Labute approximate surface area is 106 Å². The van der Waals surface area contributed by atoms with Crippen molar-refractivity contribution in [3.8, 4) is 0 Å². The lowest BCUT2D eigenvalue weighted by Gasteiger charge is -2.32. The van der Waals surface area contributed by atoms with Crippen molar-refractivity contribution in [3.05, 3.63) is 0 Å². The molecule has 2 nitrogen and oxygen atoms in total. The van der Waals surface area contributed by atoms with E-state index in [9.17, 15) is 0 Å². The van der Waals surface area contributed by atoms with E-state index in [0.29, 0.717) is 6.04 Å². The molecule has 0 amide bonds. The van der Waals surface area contributed by atoms with Gasteiger partial charge in [-0.1, -0.05) is 33.1 Å². The highest BCUT2D eigenvalue weighted by Crippen LogP contribution is 2.19. The van der Waals surface area contributed by atoms with Crippen LogP contribution >= 0.6 is 12.2 Å². The van der Waals surface area contributed by atoms with Gasteiger partial charge in [0.25, 0.3) is 0 Å². The van der Waals surface area contributed by atoms with E-state index in [1.54, 1.807) is 0 Å². The number of hydrogen-bond donors (Lipinski definition) is 1. The zero-order valence-corrected chi connectivity index (χ0v) is 11.6. The standard InChI is InChI=1S/C13H26N2S/c1-3-5-10-14-13(16)15-11-8-6-7-9-12(15)4-2/h12H,3-11H2,1-2H3,(H,14,16). The van der Waals surface area contributed by atoms with Crippen LogP contribution in [0.4, 0.5) is 0 Å². The monoisotopic (exact) mass is 242 g/mol. The Bertz CT molecular complexity index is 206. The molecule has 1 aliphatic heterocycles. The summed E-state index contributed by atoms with van der Waals surface area (Å²) in [6.07, 6.45) is 9.00. The average molecular weight is 242 g/mol. The number of nitrogens with zero attached hydrogens (tertiary/aromatic N) is 1. The van der Waals surface area contributed by atoms with Gasteiger partial charge in [-0.25, -0.2) is 0 Å². The Morgan fingerprint density at radius 1 is 1.31 bits per heavy atom. The summed E-state index contributed by atoms with van der Waals surface area (Å²) in [6, 6.07) is 0.670. The molecule has 0 aliphatic carbocycles. The molecule has 0 aromatic carbocycles. The van der Waals surface area contributed by atoms with E-state index in [1.165, 1.54) is 44.9 Å². The summed E-state index contributed by atoms with van der Waals surface area (Å²) in [4.78, 5) is 2.43. The van der Waals surface area contributed by atoms with Crippen LogP contribution in [0, 0.1) is 0 Å². The number of nitrogens with one attached hydrogen (secondary N) is 1. The minimum Gasteiger partial charge on any atom is -0.363 e. The van der Waals surface area contributed by atoms with Crippen LogP contribution < -0.4 is 5.32 Å². The summed E-state index contributed by atoms with van der Waals surface area (Å²) in [5.74, 6) is 0. The minimum absolute atomic E-state index is 0.670. The highest BCUT2D eigenvalue weighted by atomic mass is 32.1. The van der Waals surface area contributed by atoms with Crippen molar-refractivity contribution >= 4 is 17.3 Å². The van der Waals surface area contributed by atoms with Crippen molar-refractivity contribution < 1.29 is 0 Å². The molecule has 1 fully saturated rings. The molecule has 1 aliphatic rings. The van der Waals surface area contributed by atoms with Crippen LogP contribution in [0.25, 0.3) is 0 Å². The van der Waals surface area contributed by atoms with Crippen LogP contribution in [0.3, 0.4) is 0 Å². The summed E-state index contributed by atoms with van der Waals surface area (Å²) in [5.41, 5.74) is 0. The number of rotatable bonds is 4. The Hall–Kier alpha value is -0.310. The largest absolute Gasteiger partial charge is 0.363 e. The van der Waals surface area contributed by atoms with E-state index in [2.05, 4.69) is 24.1 Å². The topological polar surface area (TPSA) is 15.3 Å². The summed E-state index contributed by atoms with van der Waals surface area (Å²) >= 11 is 5.51. The molecule has 0 bridgehead atoms. The highest BCUT2D eigenvalue weighted by molar-refractivity contribution is 7.80. The van der Waals surface area contributed by atoms with Crippen LogP contribution in [-0.2, 0) is 0 Å². The normalized spacial score (nSPS) is 21.6. The maximum atomic E-state index is 5.51. The predicted molar refractivity (Wildman–Crippen MR) is 74.8 cm³/mol. The molecule has 1 unspecified atom stereocenters. The van der Waals surface area contributed by atoms with Gasteiger partial charge in [0.2, 0.25) is 0 Å². The molecule has 1 rings (SSSR count). The molecule has 0 aromatic heterocycles. The fourth-order valence-electron chi connectivity index (χ4n) is 2.34. The van der Waals surface area contributed by atoms with E-state index >= 15 is 0 Å². The predicted octanol–water partition coefficient (Wildman–Crippen LogP) is 3.32. The van der Waals surface area contributed by atoms with E-state index in [1.807, 2.05) is 0 Å². The summed E-state index contributed by atoms with van der Waals surface area (Å²) in [5, 5.41) is 4.39. The molecule has 94 valence electrons. The van der Waals surface area contributed by atoms with Gasteiger partial charge in [-0.15, -0.1) is 0 Å². The fraction of sp³-hybridized carbons (Fsp3) is 0.923. The third kappa shape index (κ3) is 4.28. The van der Waals surface area contributed by atoms with Gasteiger partial charge in [0.1, 0.15) is 0 Å². The van der Waals surface area contributed by atoms with Crippen molar-refractivity contribution in [3.63, 3.8) is 0 Å². The second-order valence-electron chi connectivity index (χ2n) is 4.69. The molecular weight excluding hydrogens is 216 g/mol. The smallest absolute Gasteiger partial charge is 0.169 e. The lowest BCUT2D eigenvalue weighted by atomic mass is 10.1. The summed E-state index contributed by atoms with van der Waals surface area (Å²) < 4.78 is 0. The second-order valence-corrected chi connectivity index (χ2v) is 5.08. The van der Waals surface area contributed by atoms with Gasteiger partial charge in [-0.3, -0.25) is 0 Å². The van der Waals surface area contributed by atoms with E-state index in [0.717, 1.165) is 18.2 Å². The number of thiocarbonyl (C=S) groups is 1. The van der Waals surface area contributed by atoms with E-state index in [4.69, 9.17) is 12.2 Å². The molecule has 1 atom stereocenters. The van der Waals surface area contributed by atoms with Gasteiger partial charge >= 0.3 is 0 Å². The third-order valence-corrected chi connectivity index (χ3v) is 3.79. The van der Waals surface area contributed by atoms with Crippen LogP contribution in [0.1, 0.15) is 58.8 Å². The Morgan fingerprint density at radius 3 is 2.81 bits per heavy atom. The highest BCUT2D eigenvalue weighted by Gasteiger charge is 2.21. The zero-order valence-electron chi connectivity index (χ0n) is 10.8. The number of hydrogen-bond acceptors (Lipinski definition) is 1. The van der Waals surface area contributed by atoms with Gasteiger partial charge < -0.3 is 10.2 Å². The first-order chi connectivity index (χ1) is 7.79. The lowest BCUT2D eigenvalue weighted by Crippen LogP contribution is -2.45. The van der Waals surface area contributed by atoms with E-state index in [-0.39, 0.29) is 0 Å². The first-order valence-corrected chi connectivity index (χ1v) is 7.24. The van der Waals surface area contributed by atoms with Gasteiger partial charge in [-0.2, -0.15) is 0 Å². The van der Waals surface area contributed by atoms with Crippen molar-refractivity contribution in [1.29, 1.82) is 0 Å².